The molecule has 2 heterocycles. The van der Waals surface area contributed by atoms with Gasteiger partial charge in [-0.1, -0.05) is 48.9 Å². The van der Waals surface area contributed by atoms with Crippen molar-refractivity contribution in [2.45, 2.75) is 32.9 Å². The van der Waals surface area contributed by atoms with E-state index in [1.165, 1.54) is 16.0 Å². The number of nitrogens with zero attached hydrogens (tertiary/aromatic N) is 3. The van der Waals surface area contributed by atoms with E-state index in [0.29, 0.717) is 25.4 Å². The maximum Gasteiger partial charge on any atom is 0.322 e. The fourth-order valence-electron chi connectivity index (χ4n) is 4.49. The van der Waals surface area contributed by atoms with Gasteiger partial charge in [-0.05, 0) is 48.7 Å². The Hall–Kier alpha value is -3.58. The van der Waals surface area contributed by atoms with Crippen LogP contribution in [0.25, 0.3) is 0 Å². The number of amides is 3. The first-order valence-corrected chi connectivity index (χ1v) is 12.1. The lowest BCUT2D eigenvalue weighted by atomic mass is 9.98. The van der Waals surface area contributed by atoms with E-state index >= 15 is 0 Å². The summed E-state index contributed by atoms with van der Waals surface area (Å²) in [4.78, 5) is 30.2. The van der Waals surface area contributed by atoms with Crippen LogP contribution in [0.4, 0.5) is 10.5 Å². The fraction of sp³-hybridized carbons (Fsp3) is 0.357. The SMILES string of the molecule is CCc1ccc(NC(=O)N(CCOC)CC(=O)N2CCn3cccc3C2c2ccc(C)cc2)cc1. The molecule has 0 aliphatic carbocycles. The predicted octanol–water partition coefficient (Wildman–Crippen LogP) is 4.47. The number of carbonyl (C=O) groups is 2. The summed E-state index contributed by atoms with van der Waals surface area (Å²) in [6, 6.07) is 19.7. The number of ether oxygens (including phenoxy) is 1. The zero-order chi connectivity index (χ0) is 24.8. The Morgan fingerprint density at radius 2 is 1.80 bits per heavy atom. The molecule has 35 heavy (non-hydrogen) atoms. The number of nitrogens with one attached hydrogen (secondary N) is 1. The summed E-state index contributed by atoms with van der Waals surface area (Å²) in [6.45, 7) is 6.10. The fourth-order valence-corrected chi connectivity index (χ4v) is 4.49. The molecule has 1 aromatic heterocycles. The summed E-state index contributed by atoms with van der Waals surface area (Å²) in [7, 11) is 1.59. The zero-order valence-electron chi connectivity index (χ0n) is 20.7. The van der Waals surface area contributed by atoms with E-state index in [9.17, 15) is 9.59 Å². The van der Waals surface area contributed by atoms with Crippen molar-refractivity contribution in [3.63, 3.8) is 0 Å². The van der Waals surface area contributed by atoms with Gasteiger partial charge in [0.25, 0.3) is 0 Å². The van der Waals surface area contributed by atoms with Gasteiger partial charge >= 0.3 is 6.03 Å². The number of carbonyl (C=O) groups excluding carboxylic acids is 2. The number of rotatable bonds is 8. The van der Waals surface area contributed by atoms with Crippen LogP contribution in [0.15, 0.2) is 66.9 Å². The molecule has 0 radical (unpaired) electrons. The summed E-state index contributed by atoms with van der Waals surface area (Å²) in [5, 5.41) is 2.93. The molecule has 1 N–H and O–H groups in total. The molecular formula is C28H34N4O3. The van der Waals surface area contributed by atoms with Crippen molar-refractivity contribution < 1.29 is 14.3 Å². The minimum absolute atomic E-state index is 0.0225. The predicted molar refractivity (Wildman–Crippen MR) is 137 cm³/mol. The lowest BCUT2D eigenvalue weighted by Gasteiger charge is -2.38. The van der Waals surface area contributed by atoms with Crippen LogP contribution in [0.2, 0.25) is 0 Å². The van der Waals surface area contributed by atoms with Crippen LogP contribution in [0.1, 0.15) is 35.3 Å². The Morgan fingerprint density at radius 3 is 2.49 bits per heavy atom. The molecule has 3 amide bonds. The molecule has 1 atom stereocenters. The molecule has 0 spiro atoms. The molecule has 0 saturated heterocycles. The van der Waals surface area contributed by atoms with Gasteiger partial charge in [0.15, 0.2) is 0 Å². The lowest BCUT2D eigenvalue weighted by Crippen LogP contribution is -2.49. The third-order valence-electron chi connectivity index (χ3n) is 6.54. The number of anilines is 1. The molecule has 1 unspecified atom stereocenters. The van der Waals surface area contributed by atoms with E-state index in [1.807, 2.05) is 35.2 Å². The first-order chi connectivity index (χ1) is 17.0. The summed E-state index contributed by atoms with van der Waals surface area (Å²) in [6.07, 6.45) is 2.99. The van der Waals surface area contributed by atoms with Crippen molar-refractivity contribution in [1.29, 1.82) is 0 Å². The van der Waals surface area contributed by atoms with E-state index < -0.39 is 0 Å². The molecule has 7 nitrogen and oxygen atoms in total. The summed E-state index contributed by atoms with van der Waals surface area (Å²) >= 11 is 0. The average Bonchev–Trinajstić information content (AvgIpc) is 3.36. The van der Waals surface area contributed by atoms with Crippen molar-refractivity contribution in [3.8, 4) is 0 Å². The second-order valence-corrected chi connectivity index (χ2v) is 8.92. The molecule has 1 aliphatic rings. The molecule has 184 valence electrons. The maximum absolute atomic E-state index is 13.6. The van der Waals surface area contributed by atoms with Gasteiger partial charge in [-0.25, -0.2) is 4.79 Å². The van der Waals surface area contributed by atoms with Gasteiger partial charge in [-0.3, -0.25) is 4.79 Å². The first kappa shape index (κ1) is 24.5. The molecular weight excluding hydrogens is 440 g/mol. The van der Waals surface area contributed by atoms with Gasteiger partial charge in [0.1, 0.15) is 6.54 Å². The van der Waals surface area contributed by atoms with Crippen molar-refractivity contribution in [1.82, 2.24) is 14.4 Å². The number of fused-ring (bicyclic) bond motifs is 1. The quantitative estimate of drug-likeness (QED) is 0.524. The van der Waals surface area contributed by atoms with Crippen molar-refractivity contribution in [3.05, 3.63) is 89.2 Å². The largest absolute Gasteiger partial charge is 0.383 e. The number of hydrogen-bond acceptors (Lipinski definition) is 3. The number of hydrogen-bond donors (Lipinski definition) is 1. The van der Waals surface area contributed by atoms with Gasteiger partial charge in [0, 0.05) is 44.3 Å². The van der Waals surface area contributed by atoms with Crippen LogP contribution in [-0.4, -0.2) is 59.7 Å². The highest BCUT2D eigenvalue weighted by Gasteiger charge is 2.33. The van der Waals surface area contributed by atoms with Gasteiger partial charge in [0.05, 0.1) is 12.6 Å². The molecule has 4 rings (SSSR count). The number of benzene rings is 2. The van der Waals surface area contributed by atoms with E-state index in [0.717, 1.165) is 24.2 Å². The van der Waals surface area contributed by atoms with E-state index in [4.69, 9.17) is 4.74 Å². The Kier molecular flexibility index (Phi) is 7.87. The van der Waals surface area contributed by atoms with Gasteiger partial charge in [-0.15, -0.1) is 0 Å². The highest BCUT2D eigenvalue weighted by atomic mass is 16.5. The number of aryl methyl sites for hydroxylation is 2. The normalized spacial score (nSPS) is 14.9. The molecule has 0 fully saturated rings. The molecule has 7 heteroatoms. The molecule has 3 aromatic rings. The Bertz CT molecular complexity index is 1140. The lowest BCUT2D eigenvalue weighted by molar-refractivity contribution is -0.134. The molecule has 0 saturated carbocycles. The maximum atomic E-state index is 13.6. The third-order valence-corrected chi connectivity index (χ3v) is 6.54. The highest BCUT2D eigenvalue weighted by Crippen LogP contribution is 2.32. The number of urea groups is 1. The van der Waals surface area contributed by atoms with E-state index in [2.05, 4.69) is 60.3 Å². The minimum atomic E-state index is -0.313. The minimum Gasteiger partial charge on any atom is -0.383 e. The topological polar surface area (TPSA) is 66.8 Å². The number of methoxy groups -OCH3 is 1. The Balaban J connectivity index is 1.53. The standard InChI is InChI=1S/C28H34N4O3/c1-4-22-9-13-24(14-10-22)29-28(34)31(18-19-35-3)20-26(33)32-17-16-30-15-5-6-25(30)27(32)23-11-7-21(2)8-12-23/h5-15,27H,4,16-20H2,1-3H3,(H,29,34). The van der Waals surface area contributed by atoms with E-state index in [-0.39, 0.29) is 24.5 Å². The molecule has 2 aromatic carbocycles. The summed E-state index contributed by atoms with van der Waals surface area (Å²) in [5.41, 5.74) is 5.22. The highest BCUT2D eigenvalue weighted by molar-refractivity contribution is 5.92. The van der Waals surface area contributed by atoms with Crippen LogP contribution in [0.5, 0.6) is 0 Å². The Labute approximate surface area is 207 Å². The summed E-state index contributed by atoms with van der Waals surface area (Å²) < 4.78 is 7.42. The third kappa shape index (κ3) is 5.74. The van der Waals surface area contributed by atoms with Crippen LogP contribution in [0, 0.1) is 6.92 Å². The monoisotopic (exact) mass is 474 g/mol. The van der Waals surface area contributed by atoms with Crippen LogP contribution >= 0.6 is 0 Å². The smallest absolute Gasteiger partial charge is 0.322 e. The second kappa shape index (κ2) is 11.2. The van der Waals surface area contributed by atoms with Crippen molar-refractivity contribution >= 4 is 17.6 Å². The van der Waals surface area contributed by atoms with Gasteiger partial charge < -0.3 is 24.4 Å². The first-order valence-electron chi connectivity index (χ1n) is 12.1. The second-order valence-electron chi connectivity index (χ2n) is 8.92. The van der Waals surface area contributed by atoms with E-state index in [1.54, 1.807) is 7.11 Å². The molecule has 0 bridgehead atoms. The molecule has 1 aliphatic heterocycles. The van der Waals surface area contributed by atoms with Crippen LogP contribution in [-0.2, 0) is 22.5 Å². The zero-order valence-corrected chi connectivity index (χ0v) is 20.7. The Morgan fingerprint density at radius 1 is 1.06 bits per heavy atom. The van der Waals surface area contributed by atoms with Crippen molar-refractivity contribution in [2.75, 3.05) is 38.7 Å². The summed E-state index contributed by atoms with van der Waals surface area (Å²) in [5.74, 6) is -0.0874. The van der Waals surface area contributed by atoms with Gasteiger partial charge in [0.2, 0.25) is 5.91 Å². The van der Waals surface area contributed by atoms with Crippen LogP contribution < -0.4 is 5.32 Å². The van der Waals surface area contributed by atoms with Crippen molar-refractivity contribution in [2.24, 2.45) is 0 Å². The average molecular weight is 475 g/mol. The van der Waals surface area contributed by atoms with Gasteiger partial charge in [-0.2, -0.15) is 0 Å². The number of aromatic nitrogens is 1. The van der Waals surface area contributed by atoms with Crippen LogP contribution in [0.3, 0.4) is 0 Å².